The molecular formula is C19H23N3O2S. The molecule has 0 aliphatic heterocycles. The van der Waals surface area contributed by atoms with Crippen molar-refractivity contribution in [2.24, 2.45) is 0 Å². The number of benzene rings is 2. The van der Waals surface area contributed by atoms with Crippen LogP contribution in [0, 0.1) is 6.92 Å². The number of aryl methyl sites for hydroxylation is 1. The first kappa shape index (κ1) is 17.5. The Morgan fingerprint density at radius 2 is 1.84 bits per heavy atom. The molecule has 2 aromatic carbocycles. The van der Waals surface area contributed by atoms with Crippen LogP contribution in [0.25, 0.3) is 11.0 Å². The van der Waals surface area contributed by atoms with Crippen molar-refractivity contribution in [1.82, 2.24) is 9.97 Å². The van der Waals surface area contributed by atoms with Gasteiger partial charge < -0.3 is 19.4 Å². The van der Waals surface area contributed by atoms with E-state index in [1.54, 1.807) is 26.0 Å². The van der Waals surface area contributed by atoms with Crippen LogP contribution in [0.3, 0.4) is 0 Å². The maximum absolute atomic E-state index is 5.36. The second-order valence-electron chi connectivity index (χ2n) is 6.02. The number of hydrogen-bond acceptors (Lipinski definition) is 5. The number of H-pyrrole nitrogens is 1. The van der Waals surface area contributed by atoms with Crippen LogP contribution in [0.4, 0.5) is 5.69 Å². The van der Waals surface area contributed by atoms with Crippen LogP contribution in [-0.2, 0) is 5.75 Å². The number of nitrogens with one attached hydrogen (secondary N) is 1. The first-order valence-electron chi connectivity index (χ1n) is 8.04. The molecule has 0 unspecified atom stereocenters. The fourth-order valence-electron chi connectivity index (χ4n) is 2.82. The van der Waals surface area contributed by atoms with Crippen LogP contribution >= 0.6 is 11.8 Å². The molecular weight excluding hydrogens is 334 g/mol. The number of rotatable bonds is 6. The quantitative estimate of drug-likeness (QED) is 0.669. The molecule has 0 aliphatic carbocycles. The first-order valence-corrected chi connectivity index (χ1v) is 9.02. The number of hydrogen-bond donors (Lipinski definition) is 1. The summed E-state index contributed by atoms with van der Waals surface area (Å²) in [5, 5.41) is 0.887. The highest BCUT2D eigenvalue weighted by molar-refractivity contribution is 7.98. The van der Waals surface area contributed by atoms with E-state index in [0.29, 0.717) is 11.5 Å². The van der Waals surface area contributed by atoms with Gasteiger partial charge in [-0.05, 0) is 24.1 Å². The predicted molar refractivity (Wildman–Crippen MR) is 104 cm³/mol. The Kier molecular flexibility index (Phi) is 5.08. The molecule has 132 valence electrons. The van der Waals surface area contributed by atoms with Crippen LogP contribution in [0.1, 0.15) is 11.1 Å². The molecule has 0 atom stereocenters. The van der Waals surface area contributed by atoms with Gasteiger partial charge in [-0.25, -0.2) is 4.98 Å². The van der Waals surface area contributed by atoms with E-state index >= 15 is 0 Å². The Morgan fingerprint density at radius 1 is 1.12 bits per heavy atom. The molecule has 6 heteroatoms. The maximum atomic E-state index is 5.36. The fourth-order valence-corrected chi connectivity index (χ4v) is 3.82. The van der Waals surface area contributed by atoms with Crippen LogP contribution < -0.4 is 14.4 Å². The largest absolute Gasteiger partial charge is 0.493 e. The molecule has 0 radical (unpaired) electrons. The first-order chi connectivity index (χ1) is 12.0. The Labute approximate surface area is 152 Å². The van der Waals surface area contributed by atoms with E-state index < -0.39 is 0 Å². The summed E-state index contributed by atoms with van der Waals surface area (Å²) >= 11 is 1.70. The average Bonchev–Trinajstić information content (AvgIpc) is 3.00. The number of nitrogens with zero attached hydrogens (tertiary/aromatic N) is 2. The maximum Gasteiger partial charge on any atom is 0.166 e. The van der Waals surface area contributed by atoms with E-state index in [1.165, 1.54) is 16.8 Å². The summed E-state index contributed by atoms with van der Waals surface area (Å²) in [5.74, 6) is 2.24. The van der Waals surface area contributed by atoms with Crippen molar-refractivity contribution in [3.05, 3.63) is 41.5 Å². The molecule has 0 saturated carbocycles. The van der Waals surface area contributed by atoms with Gasteiger partial charge in [-0.3, -0.25) is 0 Å². The van der Waals surface area contributed by atoms with Gasteiger partial charge in [-0.1, -0.05) is 23.9 Å². The van der Waals surface area contributed by atoms with Crippen LogP contribution in [-0.4, -0.2) is 38.3 Å². The Bertz CT molecular complexity index is 849. The summed E-state index contributed by atoms with van der Waals surface area (Å²) in [6.45, 7) is 2.15. The molecule has 0 amide bonds. The van der Waals surface area contributed by atoms with Crippen molar-refractivity contribution in [3.8, 4) is 11.5 Å². The lowest BCUT2D eigenvalue weighted by Crippen LogP contribution is -2.11. The monoisotopic (exact) mass is 357 g/mol. The van der Waals surface area contributed by atoms with Gasteiger partial charge in [-0.2, -0.15) is 0 Å². The fraction of sp³-hybridized carbons (Fsp3) is 0.316. The predicted octanol–water partition coefficient (Wildman–Crippen LogP) is 4.25. The second kappa shape index (κ2) is 7.27. The summed E-state index contributed by atoms with van der Waals surface area (Å²) < 4.78 is 10.7. The topological polar surface area (TPSA) is 50.4 Å². The summed E-state index contributed by atoms with van der Waals surface area (Å²) in [5.41, 5.74) is 5.67. The number of aromatic amines is 1. The summed E-state index contributed by atoms with van der Waals surface area (Å²) in [6.07, 6.45) is 0. The third-order valence-corrected chi connectivity index (χ3v) is 5.09. The van der Waals surface area contributed by atoms with Gasteiger partial charge in [0.2, 0.25) is 0 Å². The minimum Gasteiger partial charge on any atom is -0.493 e. The van der Waals surface area contributed by atoms with E-state index in [-0.39, 0.29) is 0 Å². The van der Waals surface area contributed by atoms with Gasteiger partial charge in [-0.15, -0.1) is 0 Å². The molecule has 1 heterocycles. The number of methoxy groups -OCH3 is 2. The molecule has 1 N–H and O–H groups in total. The number of ether oxygens (including phenoxy) is 2. The molecule has 5 nitrogen and oxygen atoms in total. The molecule has 3 aromatic rings. The van der Waals surface area contributed by atoms with Crippen molar-refractivity contribution in [1.29, 1.82) is 0 Å². The average molecular weight is 357 g/mol. The summed E-state index contributed by atoms with van der Waals surface area (Å²) in [7, 11) is 7.41. The molecule has 0 saturated heterocycles. The third kappa shape index (κ3) is 3.54. The molecule has 25 heavy (non-hydrogen) atoms. The molecule has 0 bridgehead atoms. The van der Waals surface area contributed by atoms with Gasteiger partial charge >= 0.3 is 0 Å². The van der Waals surface area contributed by atoms with Crippen molar-refractivity contribution in [2.75, 3.05) is 33.2 Å². The second-order valence-corrected chi connectivity index (χ2v) is 6.99. The lowest BCUT2D eigenvalue weighted by atomic mass is 10.1. The lowest BCUT2D eigenvalue weighted by molar-refractivity contribution is 0.356. The van der Waals surface area contributed by atoms with E-state index in [9.17, 15) is 0 Å². The lowest BCUT2D eigenvalue weighted by Gasteiger charge is -2.18. The normalized spacial score (nSPS) is 10.9. The Hall–Kier alpha value is -2.34. The van der Waals surface area contributed by atoms with Crippen LogP contribution in [0.15, 0.2) is 35.5 Å². The van der Waals surface area contributed by atoms with Crippen LogP contribution in [0.2, 0.25) is 0 Å². The molecule has 0 spiro atoms. The zero-order valence-corrected chi connectivity index (χ0v) is 16.0. The highest BCUT2D eigenvalue weighted by Crippen LogP contribution is 2.34. The smallest absolute Gasteiger partial charge is 0.166 e. The molecule has 0 fully saturated rings. The van der Waals surface area contributed by atoms with Gasteiger partial charge in [0.1, 0.15) is 0 Å². The van der Waals surface area contributed by atoms with Gasteiger partial charge in [0.05, 0.1) is 25.3 Å². The summed E-state index contributed by atoms with van der Waals surface area (Å²) in [4.78, 5) is 10.2. The molecule has 1 aromatic heterocycles. The highest BCUT2D eigenvalue weighted by Gasteiger charge is 2.12. The van der Waals surface area contributed by atoms with Crippen LogP contribution in [0.5, 0.6) is 11.5 Å². The van der Waals surface area contributed by atoms with Crippen molar-refractivity contribution < 1.29 is 9.47 Å². The number of imidazole rings is 1. The van der Waals surface area contributed by atoms with E-state index in [1.807, 2.05) is 12.1 Å². The zero-order chi connectivity index (χ0) is 18.0. The minimum atomic E-state index is 0.687. The summed E-state index contributed by atoms with van der Waals surface area (Å²) in [6, 6.07) is 10.2. The van der Waals surface area contributed by atoms with Gasteiger partial charge in [0, 0.05) is 37.7 Å². The number of thioether (sulfide) groups is 1. The SMILES string of the molecule is COc1cc2nc(SCc3c(C)cccc3N(C)C)[nH]c2cc1OC. The van der Waals surface area contributed by atoms with E-state index in [2.05, 4.69) is 54.1 Å². The van der Waals surface area contributed by atoms with Gasteiger partial charge in [0.25, 0.3) is 0 Å². The number of anilines is 1. The Balaban J connectivity index is 1.87. The zero-order valence-electron chi connectivity index (χ0n) is 15.2. The standard InChI is InChI=1S/C19H23N3O2S/c1-12-7-6-8-16(22(2)3)13(12)11-25-19-20-14-9-17(23-4)18(24-5)10-15(14)21-19/h6-10H,11H2,1-5H3,(H,20,21). The number of fused-ring (bicyclic) bond motifs is 1. The third-order valence-electron chi connectivity index (χ3n) is 4.19. The number of aromatic nitrogens is 2. The van der Waals surface area contributed by atoms with Crippen molar-refractivity contribution >= 4 is 28.5 Å². The van der Waals surface area contributed by atoms with E-state index in [4.69, 9.17) is 9.47 Å². The molecule has 3 rings (SSSR count). The Morgan fingerprint density at radius 3 is 2.52 bits per heavy atom. The molecule has 0 aliphatic rings. The van der Waals surface area contributed by atoms with E-state index in [0.717, 1.165) is 21.9 Å². The van der Waals surface area contributed by atoms with Crippen molar-refractivity contribution in [3.63, 3.8) is 0 Å². The van der Waals surface area contributed by atoms with Gasteiger partial charge in [0.15, 0.2) is 16.7 Å². The minimum absolute atomic E-state index is 0.687. The highest BCUT2D eigenvalue weighted by atomic mass is 32.2. The van der Waals surface area contributed by atoms with Crippen molar-refractivity contribution in [2.45, 2.75) is 17.8 Å².